The van der Waals surface area contributed by atoms with Gasteiger partial charge in [0, 0.05) is 25.3 Å². The van der Waals surface area contributed by atoms with Crippen LogP contribution in [0.5, 0.6) is 5.75 Å². The van der Waals surface area contributed by atoms with E-state index in [1.807, 2.05) is 0 Å². The Morgan fingerprint density at radius 1 is 1.15 bits per heavy atom. The quantitative estimate of drug-likeness (QED) is 0.570. The van der Waals surface area contributed by atoms with E-state index in [9.17, 15) is 23.1 Å². The number of hydrogen-bond acceptors (Lipinski definition) is 5. The molecular weight excluding hydrogens is 463 g/mol. The molecule has 2 aliphatic rings. The monoisotopic (exact) mass is 486 g/mol. The molecule has 3 aromatic rings. The highest BCUT2D eigenvalue weighted by molar-refractivity contribution is 7.89. The van der Waals surface area contributed by atoms with Crippen LogP contribution in [0.3, 0.4) is 0 Å². The summed E-state index contributed by atoms with van der Waals surface area (Å²) in [6.07, 6.45) is 4.54. The zero-order valence-electron chi connectivity index (χ0n) is 18.5. The second-order valence-corrected chi connectivity index (χ2v) is 10.6. The van der Waals surface area contributed by atoms with Gasteiger partial charge in [0.15, 0.2) is 5.75 Å². The number of carboxylic acids is 1. The maximum absolute atomic E-state index is 15.4. The maximum Gasteiger partial charge on any atom is 0.341 e. The minimum atomic E-state index is -3.62. The normalized spacial score (nSPS) is 16.8. The predicted octanol–water partition coefficient (Wildman–Crippen LogP) is 3.63. The number of aromatic nitrogens is 1. The van der Waals surface area contributed by atoms with Gasteiger partial charge in [0.25, 0.3) is 0 Å². The smallest absolute Gasteiger partial charge is 0.341 e. The summed E-state index contributed by atoms with van der Waals surface area (Å²) in [5.41, 5.74) is -0.420. The van der Waals surface area contributed by atoms with Gasteiger partial charge in [-0.05, 0) is 49.4 Å². The summed E-state index contributed by atoms with van der Waals surface area (Å²) in [6.45, 7) is 0.961. The van der Waals surface area contributed by atoms with Gasteiger partial charge in [0.05, 0.1) is 28.5 Å². The van der Waals surface area contributed by atoms with Gasteiger partial charge in [-0.25, -0.2) is 17.6 Å². The molecule has 1 aliphatic heterocycles. The van der Waals surface area contributed by atoms with Crippen molar-refractivity contribution in [2.45, 2.75) is 36.6 Å². The molecule has 5 rings (SSSR count). The number of carboxylic acid groups (broad SMARTS) is 1. The predicted molar refractivity (Wildman–Crippen MR) is 123 cm³/mol. The summed E-state index contributed by atoms with van der Waals surface area (Å²) in [6, 6.07) is 6.93. The second kappa shape index (κ2) is 8.21. The van der Waals surface area contributed by atoms with E-state index >= 15 is 4.39 Å². The summed E-state index contributed by atoms with van der Waals surface area (Å²) in [5.74, 6) is -2.04. The van der Waals surface area contributed by atoms with E-state index < -0.39 is 32.8 Å². The molecule has 178 valence electrons. The number of hydrogen-bond donors (Lipinski definition) is 1. The lowest BCUT2D eigenvalue weighted by molar-refractivity contribution is 0.0694. The van der Waals surface area contributed by atoms with Crippen LogP contribution in [0.1, 0.15) is 42.1 Å². The third-order valence-electron chi connectivity index (χ3n) is 6.44. The third-order valence-corrected chi connectivity index (χ3v) is 8.36. The van der Waals surface area contributed by atoms with Crippen LogP contribution in [0.2, 0.25) is 0 Å². The van der Waals surface area contributed by atoms with Crippen molar-refractivity contribution in [3.63, 3.8) is 0 Å². The highest BCUT2D eigenvalue weighted by Crippen LogP contribution is 2.43. The number of pyridine rings is 1. The fourth-order valence-electron chi connectivity index (χ4n) is 4.59. The average Bonchev–Trinajstić information content (AvgIpc) is 3.50. The third kappa shape index (κ3) is 3.57. The average molecular weight is 487 g/mol. The van der Waals surface area contributed by atoms with Crippen LogP contribution in [-0.4, -0.2) is 48.6 Å². The molecule has 8 nitrogen and oxygen atoms in total. The lowest BCUT2D eigenvalue weighted by Crippen LogP contribution is -2.27. The standard InChI is InChI=1S/C24H23FN2O6S/c1-33-23-20(14-4-8-16(9-5-14)34(31,32)26-10-2-3-11-26)19(25)12-17-21(23)27(15-6-7-15)13-18(22(17)28)24(29)30/h4-5,8-9,12-13,15H,2-3,6-7,10-11H2,1H3,(H,29,30). The minimum Gasteiger partial charge on any atom is -0.494 e. The molecule has 0 unspecified atom stereocenters. The van der Waals surface area contributed by atoms with Crippen LogP contribution in [0.25, 0.3) is 22.0 Å². The molecule has 0 atom stereocenters. The van der Waals surface area contributed by atoms with Gasteiger partial charge in [-0.3, -0.25) is 4.79 Å². The van der Waals surface area contributed by atoms with Gasteiger partial charge in [-0.2, -0.15) is 4.31 Å². The Morgan fingerprint density at radius 2 is 1.79 bits per heavy atom. The molecule has 2 aromatic carbocycles. The number of ether oxygens (including phenoxy) is 1. The number of nitrogens with zero attached hydrogens (tertiary/aromatic N) is 2. The van der Waals surface area contributed by atoms with E-state index in [1.54, 1.807) is 4.57 Å². The molecule has 0 bridgehead atoms. The van der Waals surface area contributed by atoms with Crippen molar-refractivity contribution < 1.29 is 27.4 Å². The Morgan fingerprint density at radius 3 is 2.35 bits per heavy atom. The van der Waals surface area contributed by atoms with Gasteiger partial charge < -0.3 is 14.4 Å². The fourth-order valence-corrected chi connectivity index (χ4v) is 6.10. The van der Waals surface area contributed by atoms with Crippen LogP contribution in [0.4, 0.5) is 4.39 Å². The van der Waals surface area contributed by atoms with Crippen LogP contribution in [0, 0.1) is 5.82 Å². The molecule has 0 spiro atoms. The van der Waals surface area contributed by atoms with Gasteiger partial charge >= 0.3 is 5.97 Å². The van der Waals surface area contributed by atoms with E-state index in [2.05, 4.69) is 0 Å². The number of methoxy groups -OCH3 is 1. The number of fused-ring (bicyclic) bond motifs is 1. The topological polar surface area (TPSA) is 106 Å². The van der Waals surface area contributed by atoms with Gasteiger partial charge in [0.2, 0.25) is 15.5 Å². The first-order valence-corrected chi connectivity index (χ1v) is 12.5. The largest absolute Gasteiger partial charge is 0.494 e. The SMILES string of the molecule is COc1c(-c2ccc(S(=O)(=O)N3CCCC3)cc2)c(F)cc2c(=O)c(C(=O)O)cn(C3CC3)c12. The van der Waals surface area contributed by atoms with Crippen LogP contribution in [-0.2, 0) is 10.0 Å². The lowest BCUT2D eigenvalue weighted by Gasteiger charge is -2.19. The molecule has 10 heteroatoms. The minimum absolute atomic E-state index is 0.0126. The first-order valence-electron chi connectivity index (χ1n) is 11.0. The van der Waals surface area contributed by atoms with E-state index in [0.29, 0.717) is 24.2 Å². The first-order chi connectivity index (χ1) is 16.2. The van der Waals surface area contributed by atoms with E-state index in [4.69, 9.17) is 4.74 Å². The van der Waals surface area contributed by atoms with Crippen molar-refractivity contribution in [3.05, 3.63) is 58.1 Å². The van der Waals surface area contributed by atoms with Gasteiger partial charge in [-0.1, -0.05) is 12.1 Å². The summed E-state index contributed by atoms with van der Waals surface area (Å²) in [5, 5.41) is 9.39. The van der Waals surface area contributed by atoms with E-state index in [1.165, 1.54) is 41.9 Å². The molecule has 1 aliphatic carbocycles. The summed E-state index contributed by atoms with van der Waals surface area (Å²) in [7, 11) is -2.26. The Balaban J connectivity index is 1.69. The summed E-state index contributed by atoms with van der Waals surface area (Å²) >= 11 is 0. The molecule has 1 N–H and O–H groups in total. The number of sulfonamides is 1. The number of carbonyl (C=O) groups is 1. The Kier molecular flexibility index (Phi) is 5.44. The van der Waals surface area contributed by atoms with E-state index in [-0.39, 0.29) is 27.6 Å². The molecular formula is C24H23FN2O6S. The van der Waals surface area contributed by atoms with Gasteiger partial charge in [-0.15, -0.1) is 0 Å². The van der Waals surface area contributed by atoms with Gasteiger partial charge in [0.1, 0.15) is 11.4 Å². The number of halogens is 1. The number of aromatic carboxylic acids is 1. The molecule has 2 fully saturated rings. The highest BCUT2D eigenvalue weighted by atomic mass is 32.2. The molecule has 0 radical (unpaired) electrons. The molecule has 1 saturated carbocycles. The van der Waals surface area contributed by atoms with Crippen molar-refractivity contribution >= 4 is 26.9 Å². The van der Waals surface area contributed by atoms with Crippen molar-refractivity contribution in [3.8, 4) is 16.9 Å². The van der Waals surface area contributed by atoms with Crippen LogP contribution >= 0.6 is 0 Å². The molecule has 2 heterocycles. The van der Waals surface area contributed by atoms with Crippen molar-refractivity contribution in [2.75, 3.05) is 20.2 Å². The highest BCUT2D eigenvalue weighted by Gasteiger charge is 2.31. The molecule has 1 aromatic heterocycles. The Bertz CT molecular complexity index is 1470. The number of benzene rings is 2. The fraction of sp³-hybridized carbons (Fsp3) is 0.333. The number of rotatable bonds is 6. The molecule has 1 saturated heterocycles. The molecule has 34 heavy (non-hydrogen) atoms. The summed E-state index contributed by atoms with van der Waals surface area (Å²) in [4.78, 5) is 24.6. The van der Waals surface area contributed by atoms with Crippen LogP contribution < -0.4 is 10.2 Å². The lowest BCUT2D eigenvalue weighted by atomic mass is 10.00. The summed E-state index contributed by atoms with van der Waals surface area (Å²) < 4.78 is 49.8. The van der Waals surface area contributed by atoms with Crippen molar-refractivity contribution in [1.82, 2.24) is 8.87 Å². The van der Waals surface area contributed by atoms with Crippen molar-refractivity contribution in [1.29, 1.82) is 0 Å². The second-order valence-electron chi connectivity index (χ2n) is 8.61. The van der Waals surface area contributed by atoms with Crippen molar-refractivity contribution in [2.24, 2.45) is 0 Å². The molecule has 0 amide bonds. The Hall–Kier alpha value is -3.24. The zero-order valence-corrected chi connectivity index (χ0v) is 19.3. The Labute approximate surface area is 195 Å². The van der Waals surface area contributed by atoms with Crippen LogP contribution in [0.15, 0.2) is 46.2 Å². The zero-order chi connectivity index (χ0) is 24.2. The van der Waals surface area contributed by atoms with E-state index in [0.717, 1.165) is 31.7 Å². The maximum atomic E-state index is 15.4. The first kappa shape index (κ1) is 22.5.